The lowest BCUT2D eigenvalue weighted by Crippen LogP contribution is -2.01. The molecular formula is C10H7ClN2O2. The van der Waals surface area contributed by atoms with Crippen LogP contribution in [-0.4, -0.2) is 23.0 Å². The smallest absolute Gasteiger partial charge is 0.337 e. The Balaban J connectivity index is 2.67. The lowest BCUT2D eigenvalue weighted by atomic mass is 10.2. The summed E-state index contributed by atoms with van der Waals surface area (Å²) in [4.78, 5) is 19.4. The fourth-order valence-corrected chi connectivity index (χ4v) is 1.53. The summed E-state index contributed by atoms with van der Waals surface area (Å²) in [5.41, 5.74) is 1.52. The van der Waals surface area contributed by atoms with Gasteiger partial charge in [0.2, 0.25) is 0 Å². The van der Waals surface area contributed by atoms with E-state index in [1.54, 1.807) is 18.5 Å². The van der Waals surface area contributed by atoms with Gasteiger partial charge in [0, 0.05) is 12.4 Å². The molecule has 0 amide bonds. The number of fused-ring (bicyclic) bond motifs is 1. The maximum Gasteiger partial charge on any atom is 0.337 e. The third kappa shape index (κ3) is 1.76. The van der Waals surface area contributed by atoms with Crippen LogP contribution in [0.1, 0.15) is 10.4 Å². The van der Waals surface area contributed by atoms with E-state index in [0.29, 0.717) is 21.6 Å². The highest BCUT2D eigenvalue weighted by Crippen LogP contribution is 2.22. The number of aromatic nitrogens is 2. The van der Waals surface area contributed by atoms with Crippen LogP contribution in [0.25, 0.3) is 11.0 Å². The molecule has 1 aromatic heterocycles. The SMILES string of the molecule is COC(=O)c1cc(Cl)c2nccnc2c1. The molecule has 15 heavy (non-hydrogen) atoms. The zero-order valence-corrected chi connectivity index (χ0v) is 8.65. The molecule has 0 bridgehead atoms. The van der Waals surface area contributed by atoms with Gasteiger partial charge < -0.3 is 4.74 Å². The first-order valence-corrected chi connectivity index (χ1v) is 4.59. The van der Waals surface area contributed by atoms with Crippen molar-refractivity contribution in [2.24, 2.45) is 0 Å². The van der Waals surface area contributed by atoms with Gasteiger partial charge in [-0.1, -0.05) is 11.6 Å². The Morgan fingerprint density at radius 2 is 2.07 bits per heavy atom. The van der Waals surface area contributed by atoms with E-state index in [9.17, 15) is 4.79 Å². The standard InChI is InChI=1S/C10H7ClN2O2/c1-15-10(14)6-4-7(11)9-8(5-6)12-2-3-13-9/h2-5H,1H3. The largest absolute Gasteiger partial charge is 0.465 e. The van der Waals surface area contributed by atoms with Gasteiger partial charge in [-0.3, -0.25) is 9.97 Å². The first kappa shape index (κ1) is 9.86. The predicted octanol–water partition coefficient (Wildman–Crippen LogP) is 2.07. The molecule has 0 N–H and O–H groups in total. The van der Waals surface area contributed by atoms with Crippen LogP contribution in [-0.2, 0) is 4.74 Å². The van der Waals surface area contributed by atoms with Crippen molar-refractivity contribution < 1.29 is 9.53 Å². The molecule has 76 valence electrons. The fraction of sp³-hybridized carbons (Fsp3) is 0.100. The summed E-state index contributed by atoms with van der Waals surface area (Å²) >= 11 is 5.95. The first-order valence-electron chi connectivity index (χ1n) is 4.21. The van der Waals surface area contributed by atoms with Crippen molar-refractivity contribution in [3.05, 3.63) is 35.1 Å². The number of rotatable bonds is 1. The van der Waals surface area contributed by atoms with Crippen molar-refractivity contribution in [3.8, 4) is 0 Å². The van der Waals surface area contributed by atoms with Gasteiger partial charge in [0.25, 0.3) is 0 Å². The minimum absolute atomic E-state index is 0.371. The maximum atomic E-state index is 11.3. The summed E-state index contributed by atoms with van der Waals surface area (Å²) in [7, 11) is 1.32. The molecule has 0 spiro atoms. The molecule has 4 nitrogen and oxygen atoms in total. The molecule has 5 heteroatoms. The zero-order valence-electron chi connectivity index (χ0n) is 7.90. The molecule has 0 aliphatic rings. The van der Waals surface area contributed by atoms with E-state index in [-0.39, 0.29) is 0 Å². The minimum Gasteiger partial charge on any atom is -0.465 e. The van der Waals surface area contributed by atoms with E-state index >= 15 is 0 Å². The summed E-state index contributed by atoms with van der Waals surface area (Å²) in [5.74, 6) is -0.440. The van der Waals surface area contributed by atoms with Gasteiger partial charge in [-0.05, 0) is 12.1 Å². The summed E-state index contributed by atoms with van der Waals surface area (Å²) < 4.78 is 4.59. The number of hydrogen-bond donors (Lipinski definition) is 0. The highest BCUT2D eigenvalue weighted by atomic mass is 35.5. The number of carbonyl (C=O) groups excluding carboxylic acids is 1. The number of ether oxygens (including phenoxy) is 1. The molecule has 0 saturated heterocycles. The van der Waals surface area contributed by atoms with Crippen molar-refractivity contribution in [3.63, 3.8) is 0 Å². The quantitative estimate of drug-likeness (QED) is 0.693. The Morgan fingerprint density at radius 1 is 1.33 bits per heavy atom. The second kappa shape index (κ2) is 3.82. The topological polar surface area (TPSA) is 52.1 Å². The molecule has 0 saturated carbocycles. The number of carbonyl (C=O) groups is 1. The number of nitrogens with zero attached hydrogens (tertiary/aromatic N) is 2. The summed E-state index contributed by atoms with van der Waals surface area (Å²) in [6.07, 6.45) is 3.09. The molecule has 0 unspecified atom stereocenters. The highest BCUT2D eigenvalue weighted by molar-refractivity contribution is 6.35. The third-order valence-electron chi connectivity index (χ3n) is 1.95. The van der Waals surface area contributed by atoms with E-state index in [1.807, 2.05) is 0 Å². The van der Waals surface area contributed by atoms with Crippen LogP contribution in [0.3, 0.4) is 0 Å². The van der Waals surface area contributed by atoms with E-state index in [2.05, 4.69) is 14.7 Å². The normalized spacial score (nSPS) is 10.3. The van der Waals surface area contributed by atoms with E-state index in [0.717, 1.165) is 0 Å². The highest BCUT2D eigenvalue weighted by Gasteiger charge is 2.10. The van der Waals surface area contributed by atoms with Crippen LogP contribution >= 0.6 is 11.6 Å². The number of methoxy groups -OCH3 is 1. The second-order valence-electron chi connectivity index (χ2n) is 2.87. The predicted molar refractivity (Wildman–Crippen MR) is 55.9 cm³/mol. The molecule has 0 aliphatic heterocycles. The van der Waals surface area contributed by atoms with Crippen molar-refractivity contribution >= 4 is 28.6 Å². The Labute approximate surface area is 90.9 Å². The lowest BCUT2D eigenvalue weighted by molar-refractivity contribution is 0.0601. The second-order valence-corrected chi connectivity index (χ2v) is 3.28. The van der Waals surface area contributed by atoms with Gasteiger partial charge >= 0.3 is 5.97 Å². The minimum atomic E-state index is -0.440. The summed E-state index contributed by atoms with van der Waals surface area (Å²) in [6, 6.07) is 3.12. The molecular weight excluding hydrogens is 216 g/mol. The Kier molecular flexibility index (Phi) is 2.51. The van der Waals surface area contributed by atoms with Crippen LogP contribution in [0.15, 0.2) is 24.5 Å². The summed E-state index contributed by atoms with van der Waals surface area (Å²) in [6.45, 7) is 0. The number of halogens is 1. The Morgan fingerprint density at radius 3 is 2.80 bits per heavy atom. The molecule has 0 radical (unpaired) electrons. The number of esters is 1. The van der Waals surface area contributed by atoms with Crippen molar-refractivity contribution in [1.29, 1.82) is 0 Å². The Bertz CT molecular complexity index is 528. The van der Waals surface area contributed by atoms with Gasteiger partial charge in [-0.25, -0.2) is 4.79 Å². The number of benzene rings is 1. The van der Waals surface area contributed by atoms with E-state index in [1.165, 1.54) is 13.2 Å². The lowest BCUT2D eigenvalue weighted by Gasteiger charge is -2.02. The van der Waals surface area contributed by atoms with Gasteiger partial charge in [-0.15, -0.1) is 0 Å². The van der Waals surface area contributed by atoms with Gasteiger partial charge in [0.15, 0.2) is 0 Å². The first-order chi connectivity index (χ1) is 7.22. The Hall–Kier alpha value is -1.68. The van der Waals surface area contributed by atoms with Crippen molar-refractivity contribution in [2.75, 3.05) is 7.11 Å². The molecule has 0 fully saturated rings. The number of hydrogen-bond acceptors (Lipinski definition) is 4. The summed E-state index contributed by atoms with van der Waals surface area (Å²) in [5, 5.41) is 0.390. The molecule has 1 aromatic carbocycles. The van der Waals surface area contributed by atoms with Gasteiger partial charge in [-0.2, -0.15) is 0 Å². The molecule has 2 rings (SSSR count). The monoisotopic (exact) mass is 222 g/mol. The van der Waals surface area contributed by atoms with Crippen LogP contribution in [0.4, 0.5) is 0 Å². The van der Waals surface area contributed by atoms with Crippen LogP contribution in [0, 0.1) is 0 Å². The van der Waals surface area contributed by atoms with E-state index < -0.39 is 5.97 Å². The molecule has 0 atom stereocenters. The maximum absolute atomic E-state index is 11.3. The van der Waals surface area contributed by atoms with Crippen LogP contribution in [0.5, 0.6) is 0 Å². The molecule has 1 heterocycles. The van der Waals surface area contributed by atoms with Crippen molar-refractivity contribution in [1.82, 2.24) is 9.97 Å². The van der Waals surface area contributed by atoms with E-state index in [4.69, 9.17) is 11.6 Å². The van der Waals surface area contributed by atoms with Crippen molar-refractivity contribution in [2.45, 2.75) is 0 Å². The molecule has 2 aromatic rings. The van der Waals surface area contributed by atoms with Crippen LogP contribution < -0.4 is 0 Å². The average Bonchev–Trinajstić information content (AvgIpc) is 2.28. The molecule has 0 aliphatic carbocycles. The fourth-order valence-electron chi connectivity index (χ4n) is 1.27. The average molecular weight is 223 g/mol. The third-order valence-corrected chi connectivity index (χ3v) is 2.24. The van der Waals surface area contributed by atoms with Gasteiger partial charge in [0.1, 0.15) is 5.52 Å². The zero-order chi connectivity index (χ0) is 10.8. The van der Waals surface area contributed by atoms with Gasteiger partial charge in [0.05, 0.1) is 23.2 Å². The van der Waals surface area contributed by atoms with Crippen LogP contribution in [0.2, 0.25) is 5.02 Å².